The van der Waals surface area contributed by atoms with E-state index in [1.807, 2.05) is 20.8 Å². The smallest absolute Gasteiger partial charge is 0.243 e. The van der Waals surface area contributed by atoms with Gasteiger partial charge in [0.15, 0.2) is 0 Å². The van der Waals surface area contributed by atoms with Crippen molar-refractivity contribution in [2.75, 3.05) is 0 Å². The third-order valence-electron chi connectivity index (χ3n) is 2.32. The monoisotopic (exact) mass is 271 g/mol. The highest BCUT2D eigenvalue weighted by atomic mass is 16.5. The maximum Gasteiger partial charge on any atom is 0.243 e. The lowest BCUT2D eigenvalue weighted by Crippen LogP contribution is -2.19. The molecule has 0 aliphatic carbocycles. The van der Waals surface area contributed by atoms with Crippen molar-refractivity contribution in [3.63, 3.8) is 0 Å². The molecule has 19 heavy (non-hydrogen) atoms. The number of carbonyl (C=O) groups is 2. The van der Waals surface area contributed by atoms with E-state index in [0.717, 1.165) is 25.7 Å². The molecular weight excluding hydrogens is 246 g/mol. The van der Waals surface area contributed by atoms with Crippen LogP contribution in [0.2, 0.25) is 0 Å². The highest BCUT2D eigenvalue weighted by molar-refractivity contribution is 5.77. The molecule has 0 unspecified atom stereocenters. The van der Waals surface area contributed by atoms with Crippen LogP contribution in [0.5, 0.6) is 0 Å². The van der Waals surface area contributed by atoms with Crippen molar-refractivity contribution in [1.29, 1.82) is 0 Å². The summed E-state index contributed by atoms with van der Waals surface area (Å²) in [4.78, 5) is 22.1. The topological polar surface area (TPSA) is 90.8 Å². The second-order valence-corrected chi connectivity index (χ2v) is 5.61. The molecule has 6 heteroatoms. The number of nitrogens with zero attached hydrogens (tertiary/aromatic N) is 1. The zero-order chi connectivity index (χ0) is 14.7. The largest absolute Gasteiger partial charge is 0.289 e. The fourth-order valence-electron chi connectivity index (χ4n) is 1.33. The van der Waals surface area contributed by atoms with Gasteiger partial charge in [-0.2, -0.15) is 5.10 Å². The van der Waals surface area contributed by atoms with Crippen LogP contribution in [0, 0.1) is 5.41 Å². The number of hydrogen-bond acceptors (Lipinski definition) is 4. The van der Waals surface area contributed by atoms with E-state index in [1.54, 1.807) is 11.7 Å². The summed E-state index contributed by atoms with van der Waals surface area (Å²) in [6.45, 7) is 6.02. The molecule has 0 aromatic carbocycles. The second kappa shape index (κ2) is 9.49. The van der Waals surface area contributed by atoms with Gasteiger partial charge in [-0.15, -0.1) is 0 Å². The molecule has 3 N–H and O–H groups in total. The highest BCUT2D eigenvalue weighted by Gasteiger charge is 2.05. The summed E-state index contributed by atoms with van der Waals surface area (Å²) in [5.74, 6) is -0.456. The minimum absolute atomic E-state index is 0.0411. The number of rotatable bonds is 8. The minimum Gasteiger partial charge on any atom is -0.289 e. The molecular formula is C13H25N3O3. The first-order valence-corrected chi connectivity index (χ1v) is 6.61. The van der Waals surface area contributed by atoms with E-state index in [0.29, 0.717) is 12.8 Å². The molecule has 0 fully saturated rings. The number of nitrogens with one attached hydrogen (secondary N) is 2. The summed E-state index contributed by atoms with van der Waals surface area (Å²) < 4.78 is 0. The molecule has 0 rings (SSSR count). The van der Waals surface area contributed by atoms with Gasteiger partial charge in [0.05, 0.1) is 0 Å². The van der Waals surface area contributed by atoms with E-state index in [1.165, 1.54) is 0 Å². The van der Waals surface area contributed by atoms with E-state index in [4.69, 9.17) is 5.21 Å². The predicted octanol–water partition coefficient (Wildman–Crippen LogP) is 1.98. The van der Waals surface area contributed by atoms with E-state index in [9.17, 15) is 9.59 Å². The normalized spacial score (nSPS) is 11.6. The van der Waals surface area contributed by atoms with Crippen LogP contribution in [-0.2, 0) is 9.59 Å². The van der Waals surface area contributed by atoms with Crippen molar-refractivity contribution in [3.8, 4) is 0 Å². The zero-order valence-corrected chi connectivity index (χ0v) is 12.0. The van der Waals surface area contributed by atoms with Crippen LogP contribution in [0.4, 0.5) is 0 Å². The van der Waals surface area contributed by atoms with Crippen molar-refractivity contribution < 1.29 is 14.8 Å². The van der Waals surface area contributed by atoms with Crippen molar-refractivity contribution in [1.82, 2.24) is 10.9 Å². The van der Waals surface area contributed by atoms with Gasteiger partial charge in [0, 0.05) is 19.1 Å². The van der Waals surface area contributed by atoms with Gasteiger partial charge < -0.3 is 0 Å². The number of unbranched alkanes of at least 4 members (excludes halogenated alkanes) is 3. The summed E-state index contributed by atoms with van der Waals surface area (Å²) in [6.07, 6.45) is 5.71. The molecule has 6 nitrogen and oxygen atoms in total. The van der Waals surface area contributed by atoms with Crippen LogP contribution in [0.1, 0.15) is 59.3 Å². The fraction of sp³-hybridized carbons (Fsp3) is 0.769. The molecule has 0 heterocycles. The van der Waals surface area contributed by atoms with Crippen molar-refractivity contribution in [2.24, 2.45) is 10.5 Å². The van der Waals surface area contributed by atoms with Gasteiger partial charge in [0.25, 0.3) is 0 Å². The van der Waals surface area contributed by atoms with Crippen LogP contribution in [0.3, 0.4) is 0 Å². The lowest BCUT2D eigenvalue weighted by atomic mass is 9.99. The minimum atomic E-state index is -0.366. The van der Waals surface area contributed by atoms with E-state index >= 15 is 0 Å². The third kappa shape index (κ3) is 12.8. The average Bonchev–Trinajstić information content (AvgIpc) is 2.31. The Balaban J connectivity index is 3.49. The molecule has 0 spiro atoms. The number of hydrazone groups is 1. The molecule has 0 bridgehead atoms. The summed E-state index contributed by atoms with van der Waals surface area (Å²) in [5, 5.41) is 12.2. The first-order valence-electron chi connectivity index (χ1n) is 6.61. The molecule has 0 saturated heterocycles. The Hall–Kier alpha value is -1.43. The van der Waals surface area contributed by atoms with Crippen LogP contribution in [-0.4, -0.2) is 23.2 Å². The van der Waals surface area contributed by atoms with Crippen LogP contribution in [0.25, 0.3) is 0 Å². The maximum atomic E-state index is 11.4. The maximum absolute atomic E-state index is 11.4. The van der Waals surface area contributed by atoms with E-state index < -0.39 is 0 Å². The zero-order valence-electron chi connectivity index (χ0n) is 12.0. The Labute approximate surface area is 114 Å². The van der Waals surface area contributed by atoms with Crippen molar-refractivity contribution in [2.45, 2.75) is 59.3 Å². The van der Waals surface area contributed by atoms with Gasteiger partial charge in [0.1, 0.15) is 0 Å². The van der Waals surface area contributed by atoms with Crippen LogP contribution in [0.15, 0.2) is 5.10 Å². The quantitative estimate of drug-likeness (QED) is 0.273. The molecule has 0 aromatic heterocycles. The number of hydrogen-bond donors (Lipinski definition) is 3. The van der Waals surface area contributed by atoms with Crippen molar-refractivity contribution in [3.05, 3.63) is 0 Å². The van der Waals surface area contributed by atoms with Crippen LogP contribution < -0.4 is 10.9 Å². The summed E-state index contributed by atoms with van der Waals surface area (Å²) in [7, 11) is 0. The Morgan fingerprint density at radius 3 is 2.05 bits per heavy atom. The van der Waals surface area contributed by atoms with Gasteiger partial charge in [-0.1, -0.05) is 33.6 Å². The van der Waals surface area contributed by atoms with Crippen molar-refractivity contribution >= 4 is 18.0 Å². The molecule has 0 aromatic rings. The molecule has 0 atom stereocenters. The Morgan fingerprint density at radius 1 is 1.05 bits per heavy atom. The second-order valence-electron chi connectivity index (χ2n) is 5.61. The summed E-state index contributed by atoms with van der Waals surface area (Å²) in [6, 6.07) is 0. The Morgan fingerprint density at radius 2 is 1.58 bits per heavy atom. The van der Waals surface area contributed by atoms with Gasteiger partial charge in [-0.3, -0.25) is 14.8 Å². The molecule has 2 amide bonds. The molecule has 0 aliphatic heterocycles. The summed E-state index contributed by atoms with van der Waals surface area (Å²) >= 11 is 0. The molecule has 110 valence electrons. The van der Waals surface area contributed by atoms with E-state index in [-0.39, 0.29) is 17.2 Å². The van der Waals surface area contributed by atoms with Crippen LogP contribution >= 0.6 is 0 Å². The van der Waals surface area contributed by atoms with Gasteiger partial charge in [-0.25, -0.2) is 10.9 Å². The molecule has 0 saturated carbocycles. The third-order valence-corrected chi connectivity index (χ3v) is 2.32. The van der Waals surface area contributed by atoms with Gasteiger partial charge >= 0.3 is 0 Å². The first kappa shape index (κ1) is 17.6. The average molecular weight is 271 g/mol. The van der Waals surface area contributed by atoms with Gasteiger partial charge in [0.2, 0.25) is 11.8 Å². The van der Waals surface area contributed by atoms with E-state index in [2.05, 4.69) is 10.5 Å². The van der Waals surface area contributed by atoms with Gasteiger partial charge in [-0.05, 0) is 18.3 Å². The lowest BCUT2D eigenvalue weighted by Gasteiger charge is -2.09. The predicted molar refractivity (Wildman–Crippen MR) is 73.7 cm³/mol. The molecule has 0 aliphatic rings. The molecule has 0 radical (unpaired) electrons. The Kier molecular flexibility index (Phi) is 8.78. The first-order chi connectivity index (χ1) is 8.85. The fourth-order valence-corrected chi connectivity index (χ4v) is 1.33. The SMILES string of the molecule is CC(C)(C)/C=N/NC(=O)CCCCCCC(=O)NO. The Bertz CT molecular complexity index is 309. The highest BCUT2D eigenvalue weighted by Crippen LogP contribution is 2.08. The number of carbonyl (C=O) groups excluding carboxylic acids is 2. The standard InChI is InChI=1S/C13H25N3O3/c1-13(2,3)10-14-15-11(17)8-6-4-5-7-9-12(18)16-19/h10,19H,4-9H2,1-3H3,(H,15,17)(H,16,18)/b14-10+. The number of amides is 2. The summed E-state index contributed by atoms with van der Waals surface area (Å²) in [5.41, 5.74) is 4.04. The number of hydroxylamine groups is 1. The lowest BCUT2D eigenvalue weighted by molar-refractivity contribution is -0.129.